The molecule has 41 heavy (non-hydrogen) atoms. The van der Waals surface area contributed by atoms with Crippen LogP contribution in [-0.2, 0) is 38.1 Å². The fourth-order valence-electron chi connectivity index (χ4n) is 6.15. The normalized spacial score (nSPS) is 27.7. The number of ether oxygens (including phenoxy) is 4. The molecule has 0 N–H and O–H groups in total. The van der Waals surface area contributed by atoms with Crippen LogP contribution in [0.2, 0.25) is 0 Å². The molecule has 14 nitrogen and oxygen atoms in total. The summed E-state index contributed by atoms with van der Waals surface area (Å²) in [6.07, 6.45) is 0.678. The third-order valence-corrected chi connectivity index (χ3v) is 8.19. The number of imide groups is 1. The van der Waals surface area contributed by atoms with Gasteiger partial charge in [-0.2, -0.15) is 0 Å². The lowest BCUT2D eigenvalue weighted by Crippen LogP contribution is -2.60. The van der Waals surface area contributed by atoms with E-state index in [0.29, 0.717) is 30.7 Å². The fraction of sp³-hybridized carbons (Fsp3) is 0.593. The monoisotopic (exact) mass is 574 g/mol. The molecule has 1 aliphatic carbocycles. The first-order chi connectivity index (χ1) is 19.5. The highest BCUT2D eigenvalue weighted by Crippen LogP contribution is 2.56. The number of amides is 4. The van der Waals surface area contributed by atoms with Crippen LogP contribution in [0.3, 0.4) is 0 Å². The highest BCUT2D eigenvalue weighted by atomic mass is 16.6. The van der Waals surface area contributed by atoms with Crippen LogP contribution in [-0.4, -0.2) is 102 Å². The Bertz CT molecular complexity index is 1280. The summed E-state index contributed by atoms with van der Waals surface area (Å²) in [6.45, 7) is 6.66. The van der Waals surface area contributed by atoms with Crippen molar-refractivity contribution in [1.29, 1.82) is 0 Å². The molecule has 3 aliphatic heterocycles. The number of allylic oxidation sites excluding steroid dienone is 2. The fourth-order valence-corrected chi connectivity index (χ4v) is 6.15. The first kappa shape index (κ1) is 29.7. The van der Waals surface area contributed by atoms with Gasteiger partial charge in [0.15, 0.2) is 0 Å². The molecule has 0 radical (unpaired) electrons. The number of cyclic esters (lactones) is 1. The van der Waals surface area contributed by atoms with Gasteiger partial charge < -0.3 is 23.8 Å². The van der Waals surface area contributed by atoms with Gasteiger partial charge in [0.05, 0.1) is 26.1 Å². The second-order valence-corrected chi connectivity index (χ2v) is 10.1. The first-order valence-corrected chi connectivity index (χ1v) is 13.5. The predicted octanol–water partition coefficient (Wildman–Crippen LogP) is 1.60. The lowest BCUT2D eigenvalue weighted by Gasteiger charge is -2.49. The number of aliphatic imine (C=N–C) groups is 1. The minimum Gasteiger partial charge on any atom is -0.468 e. The van der Waals surface area contributed by atoms with Crippen LogP contribution in [0.5, 0.6) is 0 Å². The number of hydrogen-bond acceptors (Lipinski definition) is 11. The van der Waals surface area contributed by atoms with Gasteiger partial charge in [0.25, 0.3) is 0 Å². The molecule has 4 aliphatic rings. The molecule has 4 rings (SSSR count). The second kappa shape index (κ2) is 11.3. The molecule has 2 fully saturated rings. The molecule has 0 spiro atoms. The van der Waals surface area contributed by atoms with E-state index in [1.807, 2.05) is 6.92 Å². The Hall–Kier alpha value is -4.23. The summed E-state index contributed by atoms with van der Waals surface area (Å²) >= 11 is 0. The molecule has 0 bridgehead atoms. The maximum absolute atomic E-state index is 13.8. The summed E-state index contributed by atoms with van der Waals surface area (Å²) < 4.78 is 20.8. The zero-order chi connectivity index (χ0) is 30.2. The highest BCUT2D eigenvalue weighted by molar-refractivity contribution is 6.10. The van der Waals surface area contributed by atoms with Crippen LogP contribution in [0.15, 0.2) is 28.1 Å². The van der Waals surface area contributed by atoms with Crippen molar-refractivity contribution < 1.29 is 47.7 Å². The van der Waals surface area contributed by atoms with Crippen molar-refractivity contribution in [3.63, 3.8) is 0 Å². The van der Waals surface area contributed by atoms with Gasteiger partial charge in [-0.05, 0) is 39.2 Å². The Morgan fingerprint density at radius 3 is 2.32 bits per heavy atom. The number of hydrogen-bond donors (Lipinski definition) is 0. The number of rotatable bonds is 8. The van der Waals surface area contributed by atoms with E-state index in [2.05, 4.69) is 14.5 Å². The second-order valence-electron chi connectivity index (χ2n) is 10.1. The van der Waals surface area contributed by atoms with Crippen molar-refractivity contribution in [1.82, 2.24) is 14.7 Å². The third kappa shape index (κ3) is 4.64. The maximum atomic E-state index is 13.8. The van der Waals surface area contributed by atoms with Gasteiger partial charge in [-0.1, -0.05) is 13.0 Å². The first-order valence-electron chi connectivity index (χ1n) is 13.5. The summed E-state index contributed by atoms with van der Waals surface area (Å²) in [6, 6.07) is 0. The molecule has 0 saturated carbocycles. The Kier molecular flexibility index (Phi) is 8.22. The van der Waals surface area contributed by atoms with Gasteiger partial charge in [-0.15, -0.1) is 0 Å². The van der Waals surface area contributed by atoms with E-state index in [1.54, 1.807) is 26.8 Å². The number of carbonyl (C=O) groups is 6. The molecule has 0 aromatic rings. The number of methoxy groups -OCH3 is 2. The van der Waals surface area contributed by atoms with E-state index in [-0.39, 0.29) is 18.2 Å². The zero-order valence-electron chi connectivity index (χ0n) is 23.9. The Morgan fingerprint density at radius 2 is 1.73 bits per heavy atom. The van der Waals surface area contributed by atoms with E-state index in [1.165, 1.54) is 12.0 Å². The molecule has 222 valence electrons. The van der Waals surface area contributed by atoms with Gasteiger partial charge >= 0.3 is 24.1 Å². The summed E-state index contributed by atoms with van der Waals surface area (Å²) in [5, 5.41) is 0. The van der Waals surface area contributed by atoms with Crippen LogP contribution in [0.25, 0.3) is 0 Å². The SMILES string of the molecule is CCC1=C(OC(=O)N(CC)CC)N2C(=O)OC(=NCC(=O)OC)[C@]2(C)[C@H]2C1=CC[C@H]1C(=O)N(CC(=O)OC)C(=O)[C@H]12. The number of nitrogens with zero attached hydrogens (tertiary/aromatic N) is 4. The summed E-state index contributed by atoms with van der Waals surface area (Å²) in [4.78, 5) is 85.5. The van der Waals surface area contributed by atoms with Crippen LogP contribution in [0.1, 0.15) is 40.5 Å². The molecule has 14 heteroatoms. The Morgan fingerprint density at radius 1 is 1.07 bits per heavy atom. The quantitative estimate of drug-likeness (QED) is 0.236. The molecule has 4 atom stereocenters. The van der Waals surface area contributed by atoms with Gasteiger partial charge in [0, 0.05) is 24.6 Å². The van der Waals surface area contributed by atoms with Crippen molar-refractivity contribution in [3.8, 4) is 0 Å². The van der Waals surface area contributed by atoms with Crippen LogP contribution >= 0.6 is 0 Å². The highest BCUT2D eigenvalue weighted by Gasteiger charge is 2.68. The molecular formula is C27H34N4O10. The Labute approximate surface area is 236 Å². The maximum Gasteiger partial charge on any atom is 0.424 e. The average Bonchev–Trinajstić information content (AvgIpc) is 3.36. The van der Waals surface area contributed by atoms with Crippen LogP contribution in [0, 0.1) is 17.8 Å². The van der Waals surface area contributed by atoms with E-state index in [9.17, 15) is 28.8 Å². The van der Waals surface area contributed by atoms with Crippen LogP contribution < -0.4 is 0 Å². The standard InChI is InChI=1S/C27H34N4O10/c1-7-14-15-10-11-16-19(22(35)30(21(16)34)13-18(33)39-6)20(15)27(4)24(28-12-17(32)38-5)41-26(37)31(27)23(14)40-25(36)29(8-2)9-3/h10,16,19-20H,7-9,11-13H2,1-6H3/t16-,19-,20+,27+/m1/s1. The van der Waals surface area contributed by atoms with Crippen molar-refractivity contribution in [3.05, 3.63) is 23.1 Å². The van der Waals surface area contributed by atoms with Crippen molar-refractivity contribution in [2.45, 2.75) is 46.1 Å². The van der Waals surface area contributed by atoms with Crippen molar-refractivity contribution >= 4 is 41.8 Å². The van der Waals surface area contributed by atoms with E-state index < -0.39 is 72.3 Å². The molecule has 4 amide bonds. The lowest BCUT2D eigenvalue weighted by atomic mass is 9.61. The molecule has 0 aromatic carbocycles. The molecule has 3 heterocycles. The molecule has 2 saturated heterocycles. The smallest absolute Gasteiger partial charge is 0.424 e. The zero-order valence-corrected chi connectivity index (χ0v) is 23.9. The molecular weight excluding hydrogens is 540 g/mol. The number of carbonyl (C=O) groups excluding carboxylic acids is 6. The molecule has 0 unspecified atom stereocenters. The van der Waals surface area contributed by atoms with Gasteiger partial charge in [-0.3, -0.25) is 24.1 Å². The number of fused-ring (bicyclic) bond motifs is 5. The van der Waals surface area contributed by atoms with Gasteiger partial charge in [-0.25, -0.2) is 19.5 Å². The Balaban J connectivity index is 1.91. The number of likely N-dealkylation sites (tertiary alicyclic amines) is 1. The van der Waals surface area contributed by atoms with Gasteiger partial charge in [0.1, 0.15) is 18.6 Å². The van der Waals surface area contributed by atoms with Crippen LogP contribution in [0.4, 0.5) is 9.59 Å². The van der Waals surface area contributed by atoms with E-state index in [0.717, 1.165) is 16.9 Å². The average molecular weight is 575 g/mol. The minimum atomic E-state index is -1.57. The van der Waals surface area contributed by atoms with Crippen molar-refractivity contribution in [2.24, 2.45) is 22.7 Å². The topological polar surface area (TPSA) is 161 Å². The summed E-state index contributed by atoms with van der Waals surface area (Å²) in [7, 11) is 2.34. The largest absolute Gasteiger partial charge is 0.468 e. The number of esters is 2. The third-order valence-electron chi connectivity index (χ3n) is 8.19. The lowest BCUT2D eigenvalue weighted by molar-refractivity contribution is -0.151. The van der Waals surface area contributed by atoms with Crippen molar-refractivity contribution in [2.75, 3.05) is 40.4 Å². The van der Waals surface area contributed by atoms with Gasteiger partial charge in [0.2, 0.25) is 23.6 Å². The summed E-state index contributed by atoms with van der Waals surface area (Å²) in [5.41, 5.74) is -0.487. The minimum absolute atomic E-state index is 0.0655. The molecule has 0 aromatic heterocycles. The van der Waals surface area contributed by atoms with E-state index >= 15 is 0 Å². The van der Waals surface area contributed by atoms with E-state index in [4.69, 9.17) is 9.47 Å². The predicted molar refractivity (Wildman–Crippen MR) is 140 cm³/mol. The summed E-state index contributed by atoms with van der Waals surface area (Å²) in [5.74, 6) is -5.55.